The molecule has 1 aliphatic heterocycles. The van der Waals surface area contributed by atoms with Gasteiger partial charge in [-0.1, -0.05) is 0 Å². The third-order valence-electron chi connectivity index (χ3n) is 3.47. The predicted octanol–water partition coefficient (Wildman–Crippen LogP) is 3.06. The third-order valence-corrected chi connectivity index (χ3v) is 3.47. The SMILES string of the molecule is O=c1ccc(C(F)(F)F)cn1CCCOc1ccc2c(c1)OCO2. The van der Waals surface area contributed by atoms with Crippen LogP contribution in [0, 0.1) is 0 Å². The van der Waals surface area contributed by atoms with E-state index in [1.54, 1.807) is 18.2 Å². The van der Waals surface area contributed by atoms with E-state index in [9.17, 15) is 18.0 Å². The van der Waals surface area contributed by atoms with Crippen molar-refractivity contribution in [3.05, 3.63) is 52.4 Å². The number of hydrogen-bond donors (Lipinski definition) is 0. The summed E-state index contributed by atoms with van der Waals surface area (Å²) in [5, 5.41) is 0. The lowest BCUT2D eigenvalue weighted by atomic mass is 10.2. The highest BCUT2D eigenvalue weighted by molar-refractivity contribution is 5.46. The van der Waals surface area contributed by atoms with Gasteiger partial charge in [0.2, 0.25) is 6.79 Å². The highest BCUT2D eigenvalue weighted by Gasteiger charge is 2.30. The van der Waals surface area contributed by atoms with Crippen molar-refractivity contribution in [3.8, 4) is 17.2 Å². The lowest BCUT2D eigenvalue weighted by molar-refractivity contribution is -0.138. The molecule has 5 nitrogen and oxygen atoms in total. The molecule has 1 aromatic heterocycles. The molecule has 0 atom stereocenters. The summed E-state index contributed by atoms with van der Waals surface area (Å²) in [6, 6.07) is 6.81. The van der Waals surface area contributed by atoms with Crippen LogP contribution in [0.4, 0.5) is 13.2 Å². The minimum absolute atomic E-state index is 0.132. The second kappa shape index (κ2) is 6.46. The average Bonchev–Trinajstić information content (AvgIpc) is 2.99. The van der Waals surface area contributed by atoms with Gasteiger partial charge in [-0.05, 0) is 24.6 Å². The zero-order chi connectivity index (χ0) is 17.2. The molecule has 0 unspecified atom stereocenters. The number of ether oxygens (including phenoxy) is 3. The summed E-state index contributed by atoms with van der Waals surface area (Å²) < 4.78 is 54.9. The first-order valence-electron chi connectivity index (χ1n) is 7.23. The number of fused-ring (bicyclic) bond motifs is 1. The van der Waals surface area contributed by atoms with E-state index in [4.69, 9.17) is 14.2 Å². The monoisotopic (exact) mass is 341 g/mol. The summed E-state index contributed by atoms with van der Waals surface area (Å²) in [7, 11) is 0. The lowest BCUT2D eigenvalue weighted by Gasteiger charge is -2.11. The highest BCUT2D eigenvalue weighted by atomic mass is 19.4. The number of halogens is 3. The zero-order valence-corrected chi connectivity index (χ0v) is 12.5. The molecular formula is C16H14F3NO4. The van der Waals surface area contributed by atoms with E-state index in [-0.39, 0.29) is 19.9 Å². The van der Waals surface area contributed by atoms with Crippen LogP contribution in [0.3, 0.4) is 0 Å². The minimum atomic E-state index is -4.47. The van der Waals surface area contributed by atoms with Crippen LogP contribution in [0.15, 0.2) is 41.3 Å². The fourth-order valence-corrected chi connectivity index (χ4v) is 2.27. The summed E-state index contributed by atoms with van der Waals surface area (Å²) in [6.45, 7) is 0.548. The van der Waals surface area contributed by atoms with Crippen LogP contribution < -0.4 is 19.8 Å². The maximum Gasteiger partial charge on any atom is 0.417 e. The van der Waals surface area contributed by atoms with Crippen molar-refractivity contribution >= 4 is 0 Å². The van der Waals surface area contributed by atoms with E-state index in [0.717, 1.165) is 22.9 Å². The van der Waals surface area contributed by atoms with Crippen LogP contribution in [-0.2, 0) is 12.7 Å². The summed E-state index contributed by atoms with van der Waals surface area (Å²) in [4.78, 5) is 11.6. The summed E-state index contributed by atoms with van der Waals surface area (Å²) in [6.07, 6.45) is -3.27. The molecule has 0 saturated heterocycles. The van der Waals surface area contributed by atoms with Gasteiger partial charge in [-0.3, -0.25) is 4.79 Å². The Morgan fingerprint density at radius 2 is 1.92 bits per heavy atom. The maximum atomic E-state index is 12.7. The van der Waals surface area contributed by atoms with Crippen LogP contribution in [0.2, 0.25) is 0 Å². The van der Waals surface area contributed by atoms with E-state index in [0.29, 0.717) is 23.7 Å². The number of rotatable bonds is 5. The molecule has 2 heterocycles. The first kappa shape index (κ1) is 16.2. The number of benzene rings is 1. The van der Waals surface area contributed by atoms with Crippen molar-refractivity contribution in [1.82, 2.24) is 4.57 Å². The van der Waals surface area contributed by atoms with E-state index < -0.39 is 17.3 Å². The Morgan fingerprint density at radius 3 is 2.71 bits per heavy atom. The first-order valence-corrected chi connectivity index (χ1v) is 7.23. The lowest BCUT2D eigenvalue weighted by Crippen LogP contribution is -2.22. The Labute approximate surface area is 135 Å². The molecule has 0 bridgehead atoms. The van der Waals surface area contributed by atoms with Crippen molar-refractivity contribution < 1.29 is 27.4 Å². The predicted molar refractivity (Wildman–Crippen MR) is 78.4 cm³/mol. The summed E-state index contributed by atoms with van der Waals surface area (Å²) >= 11 is 0. The fraction of sp³-hybridized carbons (Fsp3) is 0.312. The number of alkyl halides is 3. The minimum Gasteiger partial charge on any atom is -0.493 e. The Balaban J connectivity index is 1.56. The molecule has 0 fully saturated rings. The Bertz CT molecular complexity index is 786. The molecule has 0 saturated carbocycles. The van der Waals surface area contributed by atoms with Gasteiger partial charge >= 0.3 is 6.18 Å². The number of aromatic nitrogens is 1. The number of nitrogens with zero attached hydrogens (tertiary/aromatic N) is 1. The van der Waals surface area contributed by atoms with E-state index in [1.165, 1.54) is 0 Å². The largest absolute Gasteiger partial charge is 0.493 e. The topological polar surface area (TPSA) is 49.7 Å². The molecule has 24 heavy (non-hydrogen) atoms. The van der Waals surface area contributed by atoms with Gasteiger partial charge in [-0.15, -0.1) is 0 Å². The molecule has 8 heteroatoms. The summed E-state index contributed by atoms with van der Waals surface area (Å²) in [5.41, 5.74) is -1.33. The highest BCUT2D eigenvalue weighted by Crippen LogP contribution is 2.35. The maximum absolute atomic E-state index is 12.7. The second-order valence-corrected chi connectivity index (χ2v) is 5.16. The molecule has 1 aliphatic rings. The smallest absolute Gasteiger partial charge is 0.417 e. The van der Waals surface area contributed by atoms with Crippen LogP contribution in [0.1, 0.15) is 12.0 Å². The van der Waals surface area contributed by atoms with Crippen LogP contribution >= 0.6 is 0 Å². The van der Waals surface area contributed by atoms with Crippen molar-refractivity contribution in [2.24, 2.45) is 0 Å². The Kier molecular flexibility index (Phi) is 4.37. The Hall–Kier alpha value is -2.64. The molecule has 3 rings (SSSR count). The molecule has 0 spiro atoms. The third kappa shape index (κ3) is 3.64. The van der Waals surface area contributed by atoms with E-state index in [1.807, 2.05) is 0 Å². The Morgan fingerprint density at radius 1 is 1.12 bits per heavy atom. The molecule has 0 N–H and O–H groups in total. The molecule has 2 aromatic rings. The molecule has 0 aliphatic carbocycles. The van der Waals surface area contributed by atoms with Gasteiger partial charge in [0.05, 0.1) is 12.2 Å². The quantitative estimate of drug-likeness (QED) is 0.785. The van der Waals surface area contributed by atoms with Crippen LogP contribution in [0.5, 0.6) is 17.2 Å². The number of hydrogen-bond acceptors (Lipinski definition) is 4. The zero-order valence-electron chi connectivity index (χ0n) is 12.5. The molecule has 128 valence electrons. The van der Waals surface area contributed by atoms with E-state index in [2.05, 4.69) is 0 Å². The molecule has 0 amide bonds. The molecule has 1 aromatic carbocycles. The normalized spacial score (nSPS) is 13.1. The van der Waals surface area contributed by atoms with Crippen molar-refractivity contribution in [3.63, 3.8) is 0 Å². The van der Waals surface area contributed by atoms with Crippen molar-refractivity contribution in [2.45, 2.75) is 19.1 Å². The van der Waals surface area contributed by atoms with Gasteiger partial charge in [0.15, 0.2) is 11.5 Å². The fourth-order valence-electron chi connectivity index (χ4n) is 2.27. The van der Waals surface area contributed by atoms with Gasteiger partial charge in [0.25, 0.3) is 5.56 Å². The molecular weight excluding hydrogens is 327 g/mol. The first-order chi connectivity index (χ1) is 11.4. The van der Waals surface area contributed by atoms with Gasteiger partial charge in [-0.25, -0.2) is 0 Å². The van der Waals surface area contributed by atoms with Gasteiger partial charge in [0.1, 0.15) is 5.75 Å². The van der Waals surface area contributed by atoms with E-state index >= 15 is 0 Å². The second-order valence-electron chi connectivity index (χ2n) is 5.16. The van der Waals surface area contributed by atoms with Crippen molar-refractivity contribution in [1.29, 1.82) is 0 Å². The van der Waals surface area contributed by atoms with Crippen LogP contribution in [-0.4, -0.2) is 18.0 Å². The summed E-state index contributed by atoms with van der Waals surface area (Å²) in [5.74, 6) is 1.79. The average molecular weight is 341 g/mol. The number of pyridine rings is 1. The van der Waals surface area contributed by atoms with Gasteiger partial charge in [-0.2, -0.15) is 13.2 Å². The van der Waals surface area contributed by atoms with Crippen molar-refractivity contribution in [2.75, 3.05) is 13.4 Å². The van der Waals surface area contributed by atoms with Crippen LogP contribution in [0.25, 0.3) is 0 Å². The number of aryl methyl sites for hydroxylation is 1. The van der Waals surface area contributed by atoms with Gasteiger partial charge < -0.3 is 18.8 Å². The molecule has 0 radical (unpaired) electrons. The van der Waals surface area contributed by atoms with Gasteiger partial charge in [0, 0.05) is 24.9 Å². The standard InChI is InChI=1S/C16H14F3NO4/c17-16(18,19)11-2-5-15(21)20(9-11)6-1-7-22-12-3-4-13-14(8-12)24-10-23-13/h2-5,8-9H,1,6-7,10H2.